The summed E-state index contributed by atoms with van der Waals surface area (Å²) in [7, 11) is 0. The van der Waals surface area contributed by atoms with Crippen molar-refractivity contribution in [1.82, 2.24) is 20.2 Å². The van der Waals surface area contributed by atoms with Gasteiger partial charge < -0.3 is 9.88 Å². The van der Waals surface area contributed by atoms with E-state index in [1.165, 1.54) is 4.57 Å². The second-order valence-electron chi connectivity index (χ2n) is 6.73. The van der Waals surface area contributed by atoms with Crippen molar-refractivity contribution in [1.29, 1.82) is 0 Å². The first-order chi connectivity index (χ1) is 13.5. The zero-order valence-corrected chi connectivity index (χ0v) is 15.2. The number of nitrogens with one attached hydrogen (secondary N) is 2. The Labute approximate surface area is 161 Å². The van der Waals surface area contributed by atoms with Gasteiger partial charge in [0.1, 0.15) is 0 Å². The van der Waals surface area contributed by atoms with Gasteiger partial charge in [0.15, 0.2) is 5.54 Å². The Kier molecular flexibility index (Phi) is 4.27. The fraction of sp³-hybridized carbons (Fsp3) is 0.143. The quantitative estimate of drug-likeness (QED) is 0.683. The predicted octanol–water partition coefficient (Wildman–Crippen LogP) is 1.95. The molecule has 1 aromatic carbocycles. The number of carbonyl (C=O) groups is 2. The predicted molar refractivity (Wildman–Crippen MR) is 103 cm³/mol. The molecule has 28 heavy (non-hydrogen) atoms. The molecule has 1 saturated heterocycles. The van der Waals surface area contributed by atoms with Gasteiger partial charge in [0.25, 0.3) is 11.5 Å². The van der Waals surface area contributed by atoms with Gasteiger partial charge in [0, 0.05) is 23.5 Å². The first-order valence-corrected chi connectivity index (χ1v) is 8.81. The molecule has 1 atom stereocenters. The summed E-state index contributed by atoms with van der Waals surface area (Å²) in [5.41, 5.74) is 1.09. The topological polar surface area (TPSA) is 93.1 Å². The van der Waals surface area contributed by atoms with Crippen LogP contribution in [0.2, 0.25) is 0 Å². The molecule has 1 fully saturated rings. The lowest BCUT2D eigenvalue weighted by atomic mass is 9.88. The van der Waals surface area contributed by atoms with Gasteiger partial charge in [0.05, 0.1) is 12.2 Å². The maximum atomic E-state index is 12.8. The van der Waals surface area contributed by atoms with Gasteiger partial charge in [-0.05, 0) is 36.8 Å². The van der Waals surface area contributed by atoms with E-state index in [4.69, 9.17) is 0 Å². The second kappa shape index (κ2) is 6.77. The Balaban J connectivity index is 1.84. The first kappa shape index (κ1) is 17.7. The highest BCUT2D eigenvalue weighted by Gasteiger charge is 2.48. The van der Waals surface area contributed by atoms with Crippen molar-refractivity contribution in [2.45, 2.75) is 19.0 Å². The largest absolute Gasteiger partial charge is 0.322 e. The molecule has 0 bridgehead atoms. The third-order valence-electron chi connectivity index (χ3n) is 4.88. The lowest BCUT2D eigenvalue weighted by Gasteiger charge is -2.28. The minimum Gasteiger partial charge on any atom is -0.318 e. The molecule has 0 spiro atoms. The van der Waals surface area contributed by atoms with Gasteiger partial charge in [0.2, 0.25) is 0 Å². The molecule has 1 aliphatic heterocycles. The summed E-state index contributed by atoms with van der Waals surface area (Å²) in [5, 5.41) is 5.03. The molecule has 0 aliphatic carbocycles. The van der Waals surface area contributed by atoms with Crippen molar-refractivity contribution in [2.75, 3.05) is 0 Å². The molecule has 3 amide bonds. The van der Waals surface area contributed by atoms with Crippen LogP contribution in [0.5, 0.6) is 0 Å². The molecular weight excluding hydrogens is 356 g/mol. The lowest BCUT2D eigenvalue weighted by Crippen LogP contribution is -2.49. The summed E-state index contributed by atoms with van der Waals surface area (Å²) < 4.78 is 1.44. The number of rotatable bonds is 4. The van der Waals surface area contributed by atoms with Crippen LogP contribution in [-0.2, 0) is 16.9 Å². The van der Waals surface area contributed by atoms with E-state index in [0.717, 1.165) is 11.3 Å². The molecule has 4 rings (SSSR count). The number of hydrogen-bond donors (Lipinski definition) is 2. The average molecular weight is 374 g/mol. The molecule has 0 saturated carbocycles. The smallest absolute Gasteiger partial charge is 0.318 e. The number of benzene rings is 1. The highest BCUT2D eigenvalue weighted by molar-refractivity contribution is 6.07. The third kappa shape index (κ3) is 2.96. The number of hydrogen-bond acceptors (Lipinski definition) is 4. The van der Waals surface area contributed by atoms with Crippen LogP contribution in [-0.4, -0.2) is 21.5 Å². The van der Waals surface area contributed by atoms with E-state index in [2.05, 4.69) is 15.6 Å². The molecule has 3 aromatic rings. The standard InChI is InChI=1S/C21H18N4O3/c1-14-6-5-11-25(18(14)26)13-21(19(27)23-20(28)24-21)16-8-4-7-15(12-16)17-9-2-3-10-22-17/h2-12H,13H2,1H3,(H2,23,24,27,28). The molecule has 2 aromatic heterocycles. The van der Waals surface area contributed by atoms with Crippen LogP contribution < -0.4 is 16.2 Å². The summed E-state index contributed by atoms with van der Waals surface area (Å²) >= 11 is 0. The maximum Gasteiger partial charge on any atom is 0.322 e. The van der Waals surface area contributed by atoms with Gasteiger partial charge in [-0.25, -0.2) is 4.79 Å². The van der Waals surface area contributed by atoms with Crippen LogP contribution in [0.4, 0.5) is 4.79 Å². The monoisotopic (exact) mass is 374 g/mol. The van der Waals surface area contributed by atoms with E-state index in [-0.39, 0.29) is 12.1 Å². The highest BCUT2D eigenvalue weighted by Crippen LogP contribution is 2.30. The van der Waals surface area contributed by atoms with Crippen LogP contribution in [0.25, 0.3) is 11.3 Å². The van der Waals surface area contributed by atoms with Crippen molar-refractivity contribution in [3.8, 4) is 11.3 Å². The van der Waals surface area contributed by atoms with Gasteiger partial charge in [-0.3, -0.25) is 19.9 Å². The highest BCUT2D eigenvalue weighted by atomic mass is 16.2. The maximum absolute atomic E-state index is 12.8. The summed E-state index contributed by atoms with van der Waals surface area (Å²) in [6, 6.07) is 15.7. The second-order valence-corrected chi connectivity index (χ2v) is 6.73. The Hall–Kier alpha value is -3.74. The van der Waals surface area contributed by atoms with Crippen LogP contribution in [0.3, 0.4) is 0 Å². The minimum absolute atomic E-state index is 0.0171. The summed E-state index contributed by atoms with van der Waals surface area (Å²) in [5.74, 6) is -0.496. The number of urea groups is 1. The van der Waals surface area contributed by atoms with Crippen molar-refractivity contribution >= 4 is 11.9 Å². The Morgan fingerprint density at radius 2 is 1.89 bits per heavy atom. The third-order valence-corrected chi connectivity index (χ3v) is 4.88. The normalized spacial score (nSPS) is 18.6. The Morgan fingerprint density at radius 1 is 1.04 bits per heavy atom. The van der Waals surface area contributed by atoms with E-state index in [1.807, 2.05) is 30.3 Å². The van der Waals surface area contributed by atoms with E-state index in [0.29, 0.717) is 11.1 Å². The molecule has 140 valence electrons. The lowest BCUT2D eigenvalue weighted by molar-refractivity contribution is -0.124. The molecule has 7 heteroatoms. The van der Waals surface area contributed by atoms with Crippen LogP contribution in [0, 0.1) is 6.92 Å². The van der Waals surface area contributed by atoms with Gasteiger partial charge in [-0.1, -0.05) is 30.3 Å². The van der Waals surface area contributed by atoms with Gasteiger partial charge in [-0.15, -0.1) is 0 Å². The Bertz CT molecular complexity index is 1120. The number of aryl methyl sites for hydroxylation is 1. The first-order valence-electron chi connectivity index (χ1n) is 8.81. The number of carbonyl (C=O) groups excluding carboxylic acids is 2. The fourth-order valence-corrected chi connectivity index (χ4v) is 3.41. The molecule has 0 radical (unpaired) electrons. The van der Waals surface area contributed by atoms with E-state index >= 15 is 0 Å². The van der Waals surface area contributed by atoms with Gasteiger partial charge in [-0.2, -0.15) is 0 Å². The van der Waals surface area contributed by atoms with Gasteiger partial charge >= 0.3 is 6.03 Å². The number of amides is 3. The van der Waals surface area contributed by atoms with Crippen molar-refractivity contribution < 1.29 is 9.59 Å². The summed E-state index contributed by atoms with van der Waals surface area (Å²) in [6.07, 6.45) is 3.30. The van der Waals surface area contributed by atoms with E-state index in [1.54, 1.807) is 43.6 Å². The summed E-state index contributed by atoms with van der Waals surface area (Å²) in [6.45, 7) is 1.69. The molecule has 3 heterocycles. The van der Waals surface area contributed by atoms with E-state index < -0.39 is 17.5 Å². The molecular formula is C21H18N4O3. The fourth-order valence-electron chi connectivity index (χ4n) is 3.41. The number of pyridine rings is 2. The van der Waals surface area contributed by atoms with Crippen molar-refractivity contribution in [3.63, 3.8) is 0 Å². The minimum atomic E-state index is -1.39. The molecule has 1 unspecified atom stereocenters. The van der Waals surface area contributed by atoms with Crippen molar-refractivity contribution in [2.24, 2.45) is 0 Å². The number of imide groups is 1. The molecule has 1 aliphatic rings. The van der Waals surface area contributed by atoms with Crippen LogP contribution in [0.15, 0.2) is 71.8 Å². The number of nitrogens with zero attached hydrogens (tertiary/aromatic N) is 2. The zero-order valence-electron chi connectivity index (χ0n) is 15.2. The molecule has 2 N–H and O–H groups in total. The van der Waals surface area contributed by atoms with Crippen molar-refractivity contribution in [3.05, 3.63) is 88.5 Å². The van der Waals surface area contributed by atoms with E-state index in [9.17, 15) is 14.4 Å². The zero-order chi connectivity index (χ0) is 19.7. The van der Waals surface area contributed by atoms with Crippen LogP contribution in [0.1, 0.15) is 11.1 Å². The number of aromatic nitrogens is 2. The van der Waals surface area contributed by atoms with Crippen LogP contribution >= 0.6 is 0 Å². The average Bonchev–Trinajstić information content (AvgIpc) is 3.00. The molecule has 7 nitrogen and oxygen atoms in total. The SMILES string of the molecule is Cc1cccn(CC2(c3cccc(-c4ccccn4)c3)NC(=O)NC2=O)c1=O. The summed E-state index contributed by atoms with van der Waals surface area (Å²) in [4.78, 5) is 41.7. The Morgan fingerprint density at radius 3 is 2.61 bits per heavy atom.